The summed E-state index contributed by atoms with van der Waals surface area (Å²) < 4.78 is 7.22. The summed E-state index contributed by atoms with van der Waals surface area (Å²) in [7, 11) is 0. The first-order valence-electron chi connectivity index (χ1n) is 9.27. The molecule has 3 heterocycles. The third-order valence-corrected chi connectivity index (χ3v) is 5.23. The number of nitrogens with zero attached hydrogens (tertiary/aromatic N) is 2. The summed E-state index contributed by atoms with van der Waals surface area (Å²) >= 11 is 0. The van der Waals surface area contributed by atoms with Crippen LogP contribution in [0.1, 0.15) is 42.0 Å². The minimum absolute atomic E-state index is 0.186. The van der Waals surface area contributed by atoms with Crippen molar-refractivity contribution in [3.05, 3.63) is 59.9 Å². The van der Waals surface area contributed by atoms with Gasteiger partial charge < -0.3 is 24.8 Å². The number of benzene rings is 1. The standard InChI is InChI=1S/C20H22N4O4/c1-14(25)28-18-20(22-19(27)21-13-15-7-3-2-4-8-15)10-6-12-24(20)17(26)16-9-5-11-23(16)18/h2-5,7-9,11,18H,6,10,12-13H2,1H3,(H2,21,22,27)/t18-,20-/m0/s1. The molecule has 8 heteroatoms. The molecule has 1 saturated heterocycles. The molecule has 0 radical (unpaired) electrons. The fraction of sp³-hybridized carbons (Fsp3) is 0.350. The van der Waals surface area contributed by atoms with Crippen LogP contribution in [-0.2, 0) is 16.1 Å². The number of aromatic nitrogens is 1. The lowest BCUT2D eigenvalue weighted by molar-refractivity contribution is -0.166. The van der Waals surface area contributed by atoms with Crippen LogP contribution in [0.15, 0.2) is 48.7 Å². The van der Waals surface area contributed by atoms with Gasteiger partial charge in [0.1, 0.15) is 5.69 Å². The van der Waals surface area contributed by atoms with Crippen molar-refractivity contribution in [3.63, 3.8) is 0 Å². The number of esters is 1. The molecule has 0 saturated carbocycles. The van der Waals surface area contributed by atoms with Crippen molar-refractivity contribution in [2.45, 2.75) is 38.2 Å². The number of carbonyl (C=O) groups excluding carboxylic acids is 3. The number of nitrogens with one attached hydrogen (secondary N) is 2. The van der Waals surface area contributed by atoms with Crippen LogP contribution in [0.3, 0.4) is 0 Å². The lowest BCUT2D eigenvalue weighted by atomic mass is 10.0. The third kappa shape index (κ3) is 3.00. The van der Waals surface area contributed by atoms with E-state index >= 15 is 0 Å². The van der Waals surface area contributed by atoms with Gasteiger partial charge in [0.15, 0.2) is 5.66 Å². The summed E-state index contributed by atoms with van der Waals surface area (Å²) in [5, 5.41) is 5.76. The van der Waals surface area contributed by atoms with Crippen molar-refractivity contribution in [3.8, 4) is 0 Å². The second kappa shape index (κ2) is 7.03. The van der Waals surface area contributed by atoms with Gasteiger partial charge in [-0.1, -0.05) is 30.3 Å². The summed E-state index contributed by atoms with van der Waals surface area (Å²) in [6.07, 6.45) is 2.07. The molecule has 2 aromatic rings. The molecule has 2 atom stereocenters. The van der Waals surface area contributed by atoms with Crippen molar-refractivity contribution in [1.82, 2.24) is 20.1 Å². The summed E-state index contributed by atoms with van der Waals surface area (Å²) in [6, 6.07) is 12.5. The molecule has 1 aromatic heterocycles. The molecule has 1 fully saturated rings. The second-order valence-corrected chi connectivity index (χ2v) is 7.04. The molecule has 2 N–H and O–H groups in total. The zero-order valence-electron chi connectivity index (χ0n) is 15.6. The van der Waals surface area contributed by atoms with Gasteiger partial charge in [0.2, 0.25) is 6.23 Å². The van der Waals surface area contributed by atoms with E-state index in [9.17, 15) is 14.4 Å². The van der Waals surface area contributed by atoms with Gasteiger partial charge >= 0.3 is 12.0 Å². The number of urea groups is 1. The highest BCUT2D eigenvalue weighted by Crippen LogP contribution is 2.42. The van der Waals surface area contributed by atoms with Gasteiger partial charge in [-0.25, -0.2) is 4.79 Å². The SMILES string of the molecule is CC(=O)O[C@@H]1n2cccc2C(=O)N2CCC[C@@]12NC(=O)NCc1ccccc1. The highest BCUT2D eigenvalue weighted by molar-refractivity contribution is 5.95. The molecule has 0 spiro atoms. The van der Waals surface area contributed by atoms with Gasteiger partial charge in [0, 0.05) is 26.2 Å². The fourth-order valence-corrected chi connectivity index (χ4v) is 4.05. The van der Waals surface area contributed by atoms with Crippen molar-refractivity contribution in [2.75, 3.05) is 6.54 Å². The lowest BCUT2D eigenvalue weighted by Gasteiger charge is -2.47. The van der Waals surface area contributed by atoms with Crippen LogP contribution in [0.2, 0.25) is 0 Å². The third-order valence-electron chi connectivity index (χ3n) is 5.23. The van der Waals surface area contributed by atoms with E-state index in [1.165, 1.54) is 6.92 Å². The van der Waals surface area contributed by atoms with Gasteiger partial charge in [-0.15, -0.1) is 0 Å². The number of rotatable bonds is 4. The molecule has 1 aromatic carbocycles. The van der Waals surface area contributed by atoms with Crippen LogP contribution in [0.5, 0.6) is 0 Å². The molecule has 0 bridgehead atoms. The van der Waals surface area contributed by atoms with Crippen LogP contribution in [0, 0.1) is 0 Å². The maximum atomic E-state index is 12.9. The van der Waals surface area contributed by atoms with E-state index in [2.05, 4.69) is 10.6 Å². The quantitative estimate of drug-likeness (QED) is 0.791. The number of carbonyl (C=O) groups is 3. The molecule has 8 nitrogen and oxygen atoms in total. The number of hydrogen-bond donors (Lipinski definition) is 2. The van der Waals surface area contributed by atoms with E-state index in [1.807, 2.05) is 30.3 Å². The predicted octanol–water partition coefficient (Wildman–Crippen LogP) is 2.00. The van der Waals surface area contributed by atoms with Crippen molar-refractivity contribution in [1.29, 1.82) is 0 Å². The van der Waals surface area contributed by atoms with E-state index in [0.717, 1.165) is 5.56 Å². The van der Waals surface area contributed by atoms with Gasteiger partial charge in [-0.2, -0.15) is 0 Å². The highest BCUT2D eigenvalue weighted by Gasteiger charge is 2.57. The molecule has 0 aliphatic carbocycles. The smallest absolute Gasteiger partial charge is 0.317 e. The summed E-state index contributed by atoms with van der Waals surface area (Å²) in [5.41, 5.74) is 0.285. The zero-order valence-corrected chi connectivity index (χ0v) is 15.6. The summed E-state index contributed by atoms with van der Waals surface area (Å²) in [5.74, 6) is -0.661. The average molecular weight is 382 g/mol. The normalized spacial score (nSPS) is 23.0. The van der Waals surface area contributed by atoms with Crippen molar-refractivity contribution >= 4 is 17.9 Å². The molecule has 2 aliphatic heterocycles. The number of fused-ring (bicyclic) bond motifs is 2. The summed E-state index contributed by atoms with van der Waals surface area (Å²) in [6.45, 7) is 2.16. The minimum atomic E-state index is -1.12. The lowest BCUT2D eigenvalue weighted by Crippen LogP contribution is -2.68. The van der Waals surface area contributed by atoms with E-state index in [4.69, 9.17) is 4.74 Å². The van der Waals surface area contributed by atoms with Gasteiger partial charge in [0.05, 0.1) is 0 Å². The second-order valence-electron chi connectivity index (χ2n) is 7.04. The Hall–Kier alpha value is -3.29. The van der Waals surface area contributed by atoms with Crippen LogP contribution < -0.4 is 10.6 Å². The van der Waals surface area contributed by atoms with Crippen LogP contribution in [0.4, 0.5) is 4.79 Å². The first-order chi connectivity index (χ1) is 13.5. The first kappa shape index (κ1) is 18.1. The largest absolute Gasteiger partial charge is 0.437 e. The molecule has 4 rings (SSSR count). The van der Waals surface area contributed by atoms with E-state index < -0.39 is 23.9 Å². The van der Waals surface area contributed by atoms with Crippen LogP contribution in [0.25, 0.3) is 0 Å². The zero-order chi connectivity index (χ0) is 19.7. The maximum absolute atomic E-state index is 12.9. The van der Waals surface area contributed by atoms with Crippen molar-refractivity contribution in [2.24, 2.45) is 0 Å². The molecular weight excluding hydrogens is 360 g/mol. The Kier molecular flexibility index (Phi) is 4.54. The van der Waals surface area contributed by atoms with Gasteiger partial charge in [0.25, 0.3) is 5.91 Å². The highest BCUT2D eigenvalue weighted by atomic mass is 16.6. The number of hydrogen-bond acceptors (Lipinski definition) is 4. The Labute approximate surface area is 162 Å². The molecule has 28 heavy (non-hydrogen) atoms. The van der Waals surface area contributed by atoms with Crippen molar-refractivity contribution < 1.29 is 19.1 Å². The maximum Gasteiger partial charge on any atom is 0.317 e. The topological polar surface area (TPSA) is 92.7 Å². The molecule has 146 valence electrons. The van der Waals surface area contributed by atoms with Gasteiger partial charge in [-0.3, -0.25) is 9.59 Å². The Bertz CT molecular complexity index is 910. The van der Waals surface area contributed by atoms with E-state index in [0.29, 0.717) is 31.6 Å². The number of ether oxygens (including phenoxy) is 1. The number of amides is 3. The minimum Gasteiger partial charge on any atom is -0.437 e. The van der Waals surface area contributed by atoms with E-state index in [-0.39, 0.29) is 5.91 Å². The van der Waals surface area contributed by atoms with Crippen LogP contribution >= 0.6 is 0 Å². The fourth-order valence-electron chi connectivity index (χ4n) is 4.05. The first-order valence-corrected chi connectivity index (χ1v) is 9.27. The average Bonchev–Trinajstić information content (AvgIpc) is 3.32. The molecule has 2 aliphatic rings. The summed E-state index contributed by atoms with van der Waals surface area (Å²) in [4.78, 5) is 39.0. The van der Waals surface area contributed by atoms with Gasteiger partial charge in [-0.05, 0) is 30.5 Å². The Morgan fingerprint density at radius 2 is 2.00 bits per heavy atom. The van der Waals surface area contributed by atoms with Crippen LogP contribution in [-0.4, -0.2) is 39.6 Å². The molecular formula is C20H22N4O4. The Balaban J connectivity index is 1.61. The molecule has 0 unspecified atom stereocenters. The molecule has 3 amide bonds. The Morgan fingerprint density at radius 3 is 2.75 bits per heavy atom. The predicted molar refractivity (Wildman–Crippen MR) is 100 cm³/mol. The monoisotopic (exact) mass is 382 g/mol. The van der Waals surface area contributed by atoms with E-state index in [1.54, 1.807) is 27.8 Å². The Morgan fingerprint density at radius 1 is 1.21 bits per heavy atom.